The molecule has 1 N–H and O–H groups in total. The van der Waals surface area contributed by atoms with Crippen molar-refractivity contribution in [1.29, 1.82) is 0 Å². The Kier molecular flexibility index (Phi) is 3.28. The summed E-state index contributed by atoms with van der Waals surface area (Å²) in [5, 5.41) is 2.96. The van der Waals surface area contributed by atoms with E-state index in [9.17, 15) is 0 Å². The van der Waals surface area contributed by atoms with Crippen LogP contribution in [0.1, 0.15) is 12.7 Å². The Hall–Kier alpha value is -0.720. The SMILES string of the molecule is CCc1nsc(N2CCOCCN2)n1. The van der Waals surface area contributed by atoms with E-state index in [4.69, 9.17) is 4.74 Å². The largest absolute Gasteiger partial charge is 0.378 e. The number of ether oxygens (including phenoxy) is 1. The summed E-state index contributed by atoms with van der Waals surface area (Å²) in [5.41, 5.74) is 3.25. The molecule has 0 bridgehead atoms. The predicted octanol–water partition coefficient (Wildman–Crippen LogP) is 0.442. The number of aromatic nitrogens is 2. The van der Waals surface area contributed by atoms with Crippen LogP contribution < -0.4 is 10.4 Å². The van der Waals surface area contributed by atoms with Gasteiger partial charge in [0.1, 0.15) is 5.82 Å². The number of hydrogen-bond acceptors (Lipinski definition) is 6. The lowest BCUT2D eigenvalue weighted by atomic mass is 10.5. The van der Waals surface area contributed by atoms with Crippen molar-refractivity contribution in [2.75, 3.05) is 31.3 Å². The second-order valence-corrected chi connectivity index (χ2v) is 3.75. The zero-order valence-corrected chi connectivity index (χ0v) is 9.01. The second kappa shape index (κ2) is 4.68. The Morgan fingerprint density at radius 1 is 1.57 bits per heavy atom. The van der Waals surface area contributed by atoms with E-state index in [2.05, 4.69) is 21.7 Å². The van der Waals surface area contributed by atoms with Gasteiger partial charge < -0.3 is 4.74 Å². The van der Waals surface area contributed by atoms with E-state index < -0.39 is 0 Å². The maximum atomic E-state index is 5.33. The normalized spacial score (nSPS) is 18.2. The molecular formula is C8H14N4OS. The molecule has 5 nitrogen and oxygen atoms in total. The molecule has 0 aliphatic carbocycles. The van der Waals surface area contributed by atoms with Gasteiger partial charge in [0.05, 0.1) is 19.8 Å². The van der Waals surface area contributed by atoms with Crippen LogP contribution in [-0.4, -0.2) is 35.7 Å². The minimum atomic E-state index is 0.744. The van der Waals surface area contributed by atoms with Gasteiger partial charge in [-0.2, -0.15) is 4.37 Å². The van der Waals surface area contributed by atoms with Gasteiger partial charge in [0.15, 0.2) is 0 Å². The second-order valence-electron chi connectivity index (χ2n) is 3.02. The molecule has 2 rings (SSSR count). The third-order valence-corrected chi connectivity index (χ3v) is 2.79. The van der Waals surface area contributed by atoms with Crippen LogP contribution in [0, 0.1) is 0 Å². The standard InChI is InChI=1S/C8H14N4OS/c1-2-7-10-8(14-11-7)12-4-6-13-5-3-9-12/h9H,2-6H2,1H3. The van der Waals surface area contributed by atoms with E-state index in [1.54, 1.807) is 0 Å². The van der Waals surface area contributed by atoms with Gasteiger partial charge in [-0.3, -0.25) is 5.01 Å². The highest BCUT2D eigenvalue weighted by molar-refractivity contribution is 7.09. The highest BCUT2D eigenvalue weighted by Crippen LogP contribution is 2.15. The molecule has 2 heterocycles. The molecule has 0 unspecified atom stereocenters. The molecule has 1 saturated heterocycles. The first-order chi connectivity index (χ1) is 6.90. The Balaban J connectivity index is 2.04. The number of nitrogens with one attached hydrogen (secondary N) is 1. The molecule has 0 spiro atoms. The van der Waals surface area contributed by atoms with Crippen LogP contribution >= 0.6 is 11.5 Å². The van der Waals surface area contributed by atoms with Crippen molar-refractivity contribution in [1.82, 2.24) is 14.8 Å². The van der Waals surface area contributed by atoms with Crippen LogP contribution in [-0.2, 0) is 11.2 Å². The van der Waals surface area contributed by atoms with Crippen molar-refractivity contribution in [3.8, 4) is 0 Å². The lowest BCUT2D eigenvalue weighted by Gasteiger charge is -2.17. The minimum absolute atomic E-state index is 0.744. The van der Waals surface area contributed by atoms with Crippen LogP contribution in [0.15, 0.2) is 0 Å². The molecule has 1 aliphatic rings. The summed E-state index contributed by atoms with van der Waals surface area (Å²) in [6, 6.07) is 0. The topological polar surface area (TPSA) is 50.3 Å². The molecule has 78 valence electrons. The molecule has 0 radical (unpaired) electrons. The van der Waals surface area contributed by atoms with E-state index in [0.29, 0.717) is 0 Å². The number of anilines is 1. The van der Waals surface area contributed by atoms with Gasteiger partial charge in [0, 0.05) is 24.5 Å². The number of nitrogens with zero attached hydrogens (tertiary/aromatic N) is 3. The maximum absolute atomic E-state index is 5.33. The van der Waals surface area contributed by atoms with Gasteiger partial charge in [0.2, 0.25) is 5.13 Å². The van der Waals surface area contributed by atoms with Crippen molar-refractivity contribution in [3.05, 3.63) is 5.82 Å². The first-order valence-corrected chi connectivity index (χ1v) is 5.59. The number of hydrogen-bond donors (Lipinski definition) is 1. The van der Waals surface area contributed by atoms with Crippen molar-refractivity contribution in [2.45, 2.75) is 13.3 Å². The zero-order chi connectivity index (χ0) is 9.80. The fourth-order valence-electron chi connectivity index (χ4n) is 1.25. The van der Waals surface area contributed by atoms with E-state index in [1.807, 2.05) is 5.01 Å². The smallest absolute Gasteiger partial charge is 0.219 e. The minimum Gasteiger partial charge on any atom is -0.378 e. The Bertz CT molecular complexity index is 283. The van der Waals surface area contributed by atoms with Crippen molar-refractivity contribution >= 4 is 16.7 Å². The van der Waals surface area contributed by atoms with E-state index >= 15 is 0 Å². The molecule has 0 saturated carbocycles. The first-order valence-electron chi connectivity index (χ1n) is 4.81. The molecule has 1 aliphatic heterocycles. The van der Waals surface area contributed by atoms with Crippen molar-refractivity contribution in [2.24, 2.45) is 0 Å². The van der Waals surface area contributed by atoms with Gasteiger partial charge >= 0.3 is 0 Å². The van der Waals surface area contributed by atoms with Crippen LogP contribution in [0.3, 0.4) is 0 Å². The van der Waals surface area contributed by atoms with Crippen molar-refractivity contribution in [3.63, 3.8) is 0 Å². The Labute approximate surface area is 87.2 Å². The monoisotopic (exact) mass is 214 g/mol. The lowest BCUT2D eigenvalue weighted by molar-refractivity contribution is 0.158. The molecule has 0 atom stereocenters. The summed E-state index contributed by atoms with van der Waals surface area (Å²) in [6.07, 6.45) is 0.890. The van der Waals surface area contributed by atoms with Crippen LogP contribution in [0.2, 0.25) is 0 Å². The fraction of sp³-hybridized carbons (Fsp3) is 0.750. The predicted molar refractivity (Wildman–Crippen MR) is 55.5 cm³/mol. The highest BCUT2D eigenvalue weighted by Gasteiger charge is 2.13. The van der Waals surface area contributed by atoms with Crippen LogP contribution in [0.25, 0.3) is 0 Å². The Morgan fingerprint density at radius 2 is 2.50 bits per heavy atom. The van der Waals surface area contributed by atoms with Gasteiger partial charge in [0.25, 0.3) is 0 Å². The van der Waals surface area contributed by atoms with Crippen molar-refractivity contribution < 1.29 is 4.74 Å². The summed E-state index contributed by atoms with van der Waals surface area (Å²) >= 11 is 1.44. The Morgan fingerprint density at radius 3 is 3.29 bits per heavy atom. The average molecular weight is 214 g/mol. The average Bonchev–Trinajstić information content (AvgIpc) is 2.53. The third kappa shape index (κ3) is 2.20. The molecule has 14 heavy (non-hydrogen) atoms. The first kappa shape index (κ1) is 9.82. The molecule has 6 heteroatoms. The maximum Gasteiger partial charge on any atom is 0.219 e. The summed E-state index contributed by atoms with van der Waals surface area (Å²) in [5.74, 6) is 0.914. The summed E-state index contributed by atoms with van der Waals surface area (Å²) in [4.78, 5) is 4.41. The van der Waals surface area contributed by atoms with E-state index in [-0.39, 0.29) is 0 Å². The number of aryl methyl sites for hydroxylation is 1. The summed E-state index contributed by atoms with van der Waals surface area (Å²) in [7, 11) is 0. The molecular weight excluding hydrogens is 200 g/mol. The van der Waals surface area contributed by atoms with Gasteiger partial charge in [-0.05, 0) is 0 Å². The quantitative estimate of drug-likeness (QED) is 0.774. The number of rotatable bonds is 2. The molecule has 1 fully saturated rings. The molecule has 1 aromatic heterocycles. The molecule has 0 amide bonds. The van der Waals surface area contributed by atoms with Gasteiger partial charge in [-0.15, -0.1) is 0 Å². The third-order valence-electron chi connectivity index (χ3n) is 2.01. The van der Waals surface area contributed by atoms with Gasteiger partial charge in [-0.25, -0.2) is 10.4 Å². The summed E-state index contributed by atoms with van der Waals surface area (Å²) < 4.78 is 9.58. The highest BCUT2D eigenvalue weighted by atomic mass is 32.1. The zero-order valence-electron chi connectivity index (χ0n) is 8.19. The molecule has 1 aromatic rings. The van der Waals surface area contributed by atoms with Gasteiger partial charge in [-0.1, -0.05) is 6.92 Å². The molecule has 0 aromatic carbocycles. The summed E-state index contributed by atoms with van der Waals surface area (Å²) in [6.45, 7) is 5.23. The van der Waals surface area contributed by atoms with E-state index in [0.717, 1.165) is 43.7 Å². The number of hydrazine groups is 1. The lowest BCUT2D eigenvalue weighted by Crippen LogP contribution is -2.38. The van der Waals surface area contributed by atoms with Crippen LogP contribution in [0.5, 0.6) is 0 Å². The fourth-order valence-corrected chi connectivity index (χ4v) is 2.01. The van der Waals surface area contributed by atoms with E-state index in [1.165, 1.54) is 11.5 Å². The van der Waals surface area contributed by atoms with Crippen LogP contribution in [0.4, 0.5) is 5.13 Å².